The van der Waals surface area contributed by atoms with Crippen LogP contribution in [0.5, 0.6) is 0 Å². The van der Waals surface area contributed by atoms with E-state index in [1.807, 2.05) is 37.3 Å². The second-order valence-electron chi connectivity index (χ2n) is 7.27. The molecule has 1 aliphatic rings. The molecule has 6 heteroatoms. The average Bonchev–Trinajstić information content (AvgIpc) is 2.88. The highest BCUT2D eigenvalue weighted by molar-refractivity contribution is 7.89. The number of rotatable bonds is 4. The predicted molar refractivity (Wildman–Crippen MR) is 108 cm³/mol. The topological polar surface area (TPSA) is 63.7 Å². The van der Waals surface area contributed by atoms with Crippen LogP contribution in [0.25, 0.3) is 0 Å². The molecule has 0 aliphatic carbocycles. The summed E-state index contributed by atoms with van der Waals surface area (Å²) in [4.78, 5) is 13.1. The Morgan fingerprint density at radius 2 is 1.75 bits per heavy atom. The quantitative estimate of drug-likeness (QED) is 0.584. The molecule has 148 valence electrons. The summed E-state index contributed by atoms with van der Waals surface area (Å²) in [6.07, 6.45) is 0.678. The molecule has 0 radical (unpaired) electrons. The number of methoxy groups -OCH3 is 1. The SMILES string of the molecule is C=C1CN(S(=O)(=O)c2ccc(C)cc2)CC[C@@](C(=O)OC)(c2ccccc2)C1. The van der Waals surface area contributed by atoms with Gasteiger partial charge in [0.05, 0.1) is 17.4 Å². The highest BCUT2D eigenvalue weighted by Crippen LogP contribution is 2.39. The van der Waals surface area contributed by atoms with E-state index in [1.54, 1.807) is 24.3 Å². The van der Waals surface area contributed by atoms with Gasteiger partial charge >= 0.3 is 5.97 Å². The number of hydrogen-bond donors (Lipinski definition) is 0. The first-order valence-electron chi connectivity index (χ1n) is 9.17. The third kappa shape index (κ3) is 3.75. The summed E-state index contributed by atoms with van der Waals surface area (Å²) in [6, 6.07) is 16.2. The molecule has 0 N–H and O–H groups in total. The van der Waals surface area contributed by atoms with Crippen LogP contribution < -0.4 is 0 Å². The molecule has 1 fully saturated rings. The first kappa shape index (κ1) is 20.3. The maximum absolute atomic E-state index is 13.2. The number of nitrogens with zero attached hydrogens (tertiary/aromatic N) is 1. The van der Waals surface area contributed by atoms with Gasteiger partial charge in [0.25, 0.3) is 0 Å². The van der Waals surface area contributed by atoms with Crippen molar-refractivity contribution in [3.8, 4) is 0 Å². The first-order valence-corrected chi connectivity index (χ1v) is 10.6. The van der Waals surface area contributed by atoms with Crippen molar-refractivity contribution in [3.63, 3.8) is 0 Å². The molecule has 0 amide bonds. The smallest absolute Gasteiger partial charge is 0.316 e. The fourth-order valence-corrected chi connectivity index (χ4v) is 5.23. The van der Waals surface area contributed by atoms with Crippen LogP contribution in [0.1, 0.15) is 24.0 Å². The van der Waals surface area contributed by atoms with Crippen molar-refractivity contribution in [3.05, 3.63) is 77.9 Å². The van der Waals surface area contributed by atoms with Crippen molar-refractivity contribution in [1.82, 2.24) is 4.31 Å². The summed E-state index contributed by atoms with van der Waals surface area (Å²) >= 11 is 0. The van der Waals surface area contributed by atoms with Crippen LogP contribution in [0.2, 0.25) is 0 Å². The van der Waals surface area contributed by atoms with Crippen molar-refractivity contribution >= 4 is 16.0 Å². The number of hydrogen-bond acceptors (Lipinski definition) is 4. The Hall–Kier alpha value is -2.44. The van der Waals surface area contributed by atoms with Crippen LogP contribution in [-0.2, 0) is 25.0 Å². The maximum Gasteiger partial charge on any atom is 0.316 e. The molecular weight excluding hydrogens is 374 g/mol. The van der Waals surface area contributed by atoms with Crippen LogP contribution in [0.3, 0.4) is 0 Å². The third-order valence-electron chi connectivity index (χ3n) is 5.30. The lowest BCUT2D eigenvalue weighted by molar-refractivity contribution is -0.147. The van der Waals surface area contributed by atoms with E-state index in [4.69, 9.17) is 4.74 Å². The van der Waals surface area contributed by atoms with E-state index in [9.17, 15) is 13.2 Å². The molecule has 1 heterocycles. The fraction of sp³-hybridized carbons (Fsp3) is 0.318. The van der Waals surface area contributed by atoms with E-state index in [-0.39, 0.29) is 24.0 Å². The van der Waals surface area contributed by atoms with Crippen LogP contribution >= 0.6 is 0 Å². The number of carbonyl (C=O) groups is 1. The Kier molecular flexibility index (Phi) is 5.72. The van der Waals surface area contributed by atoms with Gasteiger partial charge < -0.3 is 4.74 Å². The molecule has 3 rings (SSSR count). The van der Waals surface area contributed by atoms with Gasteiger partial charge in [-0.1, -0.05) is 60.2 Å². The van der Waals surface area contributed by atoms with Crippen molar-refractivity contribution in [2.24, 2.45) is 0 Å². The Labute approximate surface area is 166 Å². The number of sulfonamides is 1. The number of aryl methyl sites for hydroxylation is 1. The van der Waals surface area contributed by atoms with Gasteiger partial charge in [-0.05, 0) is 37.5 Å². The number of carbonyl (C=O) groups excluding carboxylic acids is 1. The zero-order valence-corrected chi connectivity index (χ0v) is 17.0. The molecule has 0 aromatic heterocycles. The molecule has 1 saturated heterocycles. The standard InChI is InChI=1S/C22H25NO4S/c1-17-9-11-20(12-10-17)28(25,26)23-14-13-22(21(24)27-3,15-18(2)16-23)19-7-5-4-6-8-19/h4-12H,2,13-16H2,1,3H3/t22-/m0/s1. The van der Waals surface area contributed by atoms with Gasteiger partial charge in [-0.15, -0.1) is 0 Å². The lowest BCUT2D eigenvalue weighted by atomic mass is 9.73. The Morgan fingerprint density at radius 3 is 2.36 bits per heavy atom. The Bertz CT molecular complexity index is 967. The van der Waals surface area contributed by atoms with E-state index in [1.165, 1.54) is 11.4 Å². The average molecular weight is 400 g/mol. The second kappa shape index (κ2) is 7.89. The number of benzene rings is 2. The van der Waals surface area contributed by atoms with Crippen LogP contribution in [0.4, 0.5) is 0 Å². The summed E-state index contributed by atoms with van der Waals surface area (Å²) in [5.41, 5.74) is 1.55. The first-order chi connectivity index (χ1) is 13.3. The van der Waals surface area contributed by atoms with Gasteiger partial charge in [0, 0.05) is 13.1 Å². The zero-order chi connectivity index (χ0) is 20.4. The van der Waals surface area contributed by atoms with E-state index in [0.717, 1.165) is 11.1 Å². The van der Waals surface area contributed by atoms with Crippen molar-refractivity contribution < 1.29 is 17.9 Å². The number of esters is 1. The minimum atomic E-state index is -3.68. The molecule has 2 aromatic rings. The monoisotopic (exact) mass is 399 g/mol. The zero-order valence-electron chi connectivity index (χ0n) is 16.2. The van der Waals surface area contributed by atoms with Gasteiger partial charge in [-0.25, -0.2) is 8.42 Å². The van der Waals surface area contributed by atoms with Gasteiger partial charge in [0.2, 0.25) is 10.0 Å². The van der Waals surface area contributed by atoms with Crippen LogP contribution in [0.15, 0.2) is 71.6 Å². The normalized spacial score (nSPS) is 21.1. The minimum Gasteiger partial charge on any atom is -0.468 e. The van der Waals surface area contributed by atoms with E-state index in [2.05, 4.69) is 6.58 Å². The lowest BCUT2D eigenvalue weighted by Gasteiger charge is -2.30. The fourth-order valence-electron chi connectivity index (χ4n) is 3.77. The Balaban J connectivity index is 1.98. The molecule has 0 unspecified atom stereocenters. The van der Waals surface area contributed by atoms with Gasteiger partial charge in [-0.3, -0.25) is 4.79 Å². The van der Waals surface area contributed by atoms with Crippen molar-refractivity contribution in [2.45, 2.75) is 30.1 Å². The lowest BCUT2D eigenvalue weighted by Crippen LogP contribution is -2.39. The minimum absolute atomic E-state index is 0.182. The Morgan fingerprint density at radius 1 is 1.11 bits per heavy atom. The molecule has 5 nitrogen and oxygen atoms in total. The molecule has 28 heavy (non-hydrogen) atoms. The summed E-state index contributed by atoms with van der Waals surface area (Å²) in [7, 11) is -2.32. The summed E-state index contributed by atoms with van der Waals surface area (Å²) in [5.74, 6) is -0.366. The third-order valence-corrected chi connectivity index (χ3v) is 7.16. The molecule has 0 spiro atoms. The van der Waals surface area contributed by atoms with Gasteiger partial charge in [-0.2, -0.15) is 4.31 Å². The molecule has 2 aromatic carbocycles. The number of ether oxygens (including phenoxy) is 1. The van der Waals surface area contributed by atoms with E-state index in [0.29, 0.717) is 18.4 Å². The highest BCUT2D eigenvalue weighted by atomic mass is 32.2. The summed E-state index contributed by atoms with van der Waals surface area (Å²) in [5, 5.41) is 0. The van der Waals surface area contributed by atoms with E-state index < -0.39 is 15.4 Å². The highest BCUT2D eigenvalue weighted by Gasteiger charge is 2.45. The molecule has 0 saturated carbocycles. The second-order valence-corrected chi connectivity index (χ2v) is 9.21. The molecule has 1 aliphatic heterocycles. The largest absolute Gasteiger partial charge is 0.468 e. The molecular formula is C22H25NO4S. The van der Waals surface area contributed by atoms with Crippen molar-refractivity contribution in [1.29, 1.82) is 0 Å². The van der Waals surface area contributed by atoms with Gasteiger partial charge in [0.1, 0.15) is 0 Å². The molecule has 1 atom stereocenters. The molecule has 0 bridgehead atoms. The van der Waals surface area contributed by atoms with Crippen molar-refractivity contribution in [2.75, 3.05) is 20.2 Å². The maximum atomic E-state index is 13.2. The van der Waals surface area contributed by atoms with Crippen LogP contribution in [-0.4, -0.2) is 38.9 Å². The summed E-state index contributed by atoms with van der Waals surface area (Å²) in [6.45, 7) is 6.37. The predicted octanol–water partition coefficient (Wildman–Crippen LogP) is 3.45. The van der Waals surface area contributed by atoms with Crippen LogP contribution in [0, 0.1) is 6.92 Å². The van der Waals surface area contributed by atoms with Gasteiger partial charge in [0.15, 0.2) is 0 Å². The van der Waals surface area contributed by atoms with E-state index >= 15 is 0 Å². The summed E-state index contributed by atoms with van der Waals surface area (Å²) < 4.78 is 32.8.